The fourth-order valence-electron chi connectivity index (χ4n) is 3.00. The zero-order valence-electron chi connectivity index (χ0n) is 13.0. The quantitative estimate of drug-likeness (QED) is 0.608. The fraction of sp³-hybridized carbons (Fsp3) is 0.933. The number of aliphatic hydroxyl groups excluding tert-OH is 1. The summed E-state index contributed by atoms with van der Waals surface area (Å²) in [6, 6.07) is 0. The first-order valence-corrected chi connectivity index (χ1v) is 8.83. The van der Waals surface area contributed by atoms with Crippen molar-refractivity contribution in [3.63, 3.8) is 0 Å². The Hall–Kier alpha value is -0.260. The molecule has 1 rings (SSSR count). The van der Waals surface area contributed by atoms with E-state index in [9.17, 15) is 9.90 Å². The average molecular weight is 302 g/mol. The molecule has 0 aromatic rings. The Kier molecular flexibility index (Phi) is 7.34. The summed E-state index contributed by atoms with van der Waals surface area (Å²) >= 11 is 1.78. The van der Waals surface area contributed by atoms with Crippen molar-refractivity contribution in [1.29, 1.82) is 0 Å². The van der Waals surface area contributed by atoms with Gasteiger partial charge in [0.25, 0.3) is 0 Å². The van der Waals surface area contributed by atoms with E-state index in [0.29, 0.717) is 5.92 Å². The molecule has 1 aliphatic rings. The van der Waals surface area contributed by atoms with Gasteiger partial charge in [0.1, 0.15) is 5.54 Å². The maximum absolute atomic E-state index is 12.0. The summed E-state index contributed by atoms with van der Waals surface area (Å²) in [7, 11) is 0. The highest BCUT2D eigenvalue weighted by Crippen LogP contribution is 2.39. The normalized spacial score (nSPS) is 29.3. The van der Waals surface area contributed by atoms with Crippen molar-refractivity contribution in [2.24, 2.45) is 11.7 Å². The zero-order valence-corrected chi connectivity index (χ0v) is 13.8. The first-order valence-electron chi connectivity index (χ1n) is 7.78. The van der Waals surface area contributed by atoms with Crippen LogP contribution in [0.25, 0.3) is 0 Å². The Bertz CT molecular complexity index is 312. The van der Waals surface area contributed by atoms with E-state index in [-0.39, 0.29) is 17.3 Å². The lowest BCUT2D eigenvalue weighted by atomic mass is 9.84. The number of nitrogens with one attached hydrogen (secondary N) is 1. The molecular weight excluding hydrogens is 272 g/mol. The molecule has 0 spiro atoms. The fourth-order valence-corrected chi connectivity index (χ4v) is 4.07. The summed E-state index contributed by atoms with van der Waals surface area (Å²) in [5, 5.41) is 13.2. The highest BCUT2D eigenvalue weighted by Gasteiger charge is 2.46. The molecule has 1 amide bonds. The lowest BCUT2D eigenvalue weighted by Gasteiger charge is -2.34. The zero-order chi connectivity index (χ0) is 15.2. The van der Waals surface area contributed by atoms with Crippen LogP contribution in [0.2, 0.25) is 0 Å². The molecule has 118 valence electrons. The molecule has 4 N–H and O–H groups in total. The Morgan fingerprint density at radius 2 is 2.25 bits per heavy atom. The van der Waals surface area contributed by atoms with Gasteiger partial charge in [-0.1, -0.05) is 20.3 Å². The van der Waals surface area contributed by atoms with Crippen LogP contribution in [0.4, 0.5) is 0 Å². The summed E-state index contributed by atoms with van der Waals surface area (Å²) in [6.45, 7) is 6.81. The van der Waals surface area contributed by atoms with E-state index in [1.165, 1.54) is 0 Å². The summed E-state index contributed by atoms with van der Waals surface area (Å²) < 4.78 is 0. The maximum Gasteiger partial charge on any atom is 0.238 e. The molecule has 20 heavy (non-hydrogen) atoms. The SMILES string of the molecule is CCCNC1(C(N)=O)CCCC1CCSC(C)C(C)O. The molecule has 5 heteroatoms. The minimum Gasteiger partial charge on any atom is -0.392 e. The van der Waals surface area contributed by atoms with Gasteiger partial charge in [-0.2, -0.15) is 11.8 Å². The number of primary amides is 1. The third-order valence-corrected chi connectivity index (χ3v) is 5.87. The number of hydrogen-bond donors (Lipinski definition) is 3. The van der Waals surface area contributed by atoms with Crippen LogP contribution in [0.1, 0.15) is 52.9 Å². The number of aliphatic hydroxyl groups is 1. The molecule has 4 atom stereocenters. The van der Waals surface area contributed by atoms with Gasteiger partial charge in [0.2, 0.25) is 5.91 Å². The Morgan fingerprint density at radius 1 is 1.55 bits per heavy atom. The molecule has 0 heterocycles. The molecule has 0 aliphatic heterocycles. The van der Waals surface area contributed by atoms with Crippen molar-refractivity contribution in [2.45, 2.75) is 69.8 Å². The molecule has 1 fully saturated rings. The van der Waals surface area contributed by atoms with Crippen molar-refractivity contribution in [2.75, 3.05) is 12.3 Å². The van der Waals surface area contributed by atoms with Crippen molar-refractivity contribution in [1.82, 2.24) is 5.32 Å². The van der Waals surface area contributed by atoms with Gasteiger partial charge in [0.05, 0.1) is 6.10 Å². The van der Waals surface area contributed by atoms with Crippen LogP contribution in [0.15, 0.2) is 0 Å². The van der Waals surface area contributed by atoms with Gasteiger partial charge < -0.3 is 16.2 Å². The van der Waals surface area contributed by atoms with E-state index >= 15 is 0 Å². The Balaban J connectivity index is 2.55. The van der Waals surface area contributed by atoms with Crippen LogP contribution in [0, 0.1) is 5.92 Å². The lowest BCUT2D eigenvalue weighted by Crippen LogP contribution is -2.58. The number of rotatable bonds is 9. The van der Waals surface area contributed by atoms with Gasteiger partial charge in [-0.25, -0.2) is 0 Å². The molecule has 0 saturated heterocycles. The minimum absolute atomic E-state index is 0.193. The van der Waals surface area contributed by atoms with Gasteiger partial charge in [-0.15, -0.1) is 0 Å². The van der Waals surface area contributed by atoms with Crippen LogP contribution in [-0.2, 0) is 4.79 Å². The largest absolute Gasteiger partial charge is 0.392 e. The van der Waals surface area contributed by atoms with E-state index in [4.69, 9.17) is 5.73 Å². The van der Waals surface area contributed by atoms with Gasteiger partial charge in [-0.05, 0) is 50.8 Å². The second-order valence-corrected chi connectivity index (χ2v) is 7.44. The second-order valence-electron chi connectivity index (χ2n) is 5.96. The average Bonchev–Trinajstić information content (AvgIpc) is 2.80. The molecular formula is C15H30N2O2S. The first-order chi connectivity index (χ1) is 9.44. The van der Waals surface area contributed by atoms with Crippen molar-refractivity contribution >= 4 is 17.7 Å². The van der Waals surface area contributed by atoms with Gasteiger partial charge in [0.15, 0.2) is 0 Å². The minimum atomic E-state index is -0.495. The number of carbonyl (C=O) groups is 1. The van der Waals surface area contributed by atoms with Crippen LogP contribution >= 0.6 is 11.8 Å². The predicted octanol–water partition coefficient (Wildman–Crippen LogP) is 1.90. The van der Waals surface area contributed by atoms with Gasteiger partial charge >= 0.3 is 0 Å². The number of hydrogen-bond acceptors (Lipinski definition) is 4. The molecule has 0 aromatic carbocycles. The predicted molar refractivity (Wildman–Crippen MR) is 85.8 cm³/mol. The molecule has 0 radical (unpaired) electrons. The van der Waals surface area contributed by atoms with Gasteiger partial charge in [-0.3, -0.25) is 4.79 Å². The lowest BCUT2D eigenvalue weighted by molar-refractivity contribution is -0.126. The topological polar surface area (TPSA) is 75.3 Å². The second kappa shape index (κ2) is 8.25. The van der Waals surface area contributed by atoms with E-state index in [2.05, 4.69) is 12.2 Å². The number of amides is 1. The highest BCUT2D eigenvalue weighted by atomic mass is 32.2. The summed E-state index contributed by atoms with van der Waals surface area (Å²) in [6.07, 6.45) is 4.72. The highest BCUT2D eigenvalue weighted by molar-refractivity contribution is 7.99. The van der Waals surface area contributed by atoms with E-state index < -0.39 is 5.54 Å². The van der Waals surface area contributed by atoms with Crippen LogP contribution in [0.5, 0.6) is 0 Å². The molecule has 0 bridgehead atoms. The van der Waals surface area contributed by atoms with E-state index in [0.717, 1.165) is 44.4 Å². The van der Waals surface area contributed by atoms with E-state index in [1.54, 1.807) is 11.8 Å². The monoisotopic (exact) mass is 302 g/mol. The molecule has 1 aliphatic carbocycles. The number of carbonyl (C=O) groups excluding carboxylic acids is 1. The van der Waals surface area contributed by atoms with Crippen molar-refractivity contribution in [3.8, 4) is 0 Å². The summed E-state index contributed by atoms with van der Waals surface area (Å²) in [5.74, 6) is 1.11. The molecule has 0 aromatic heterocycles. The van der Waals surface area contributed by atoms with Crippen LogP contribution < -0.4 is 11.1 Å². The summed E-state index contributed by atoms with van der Waals surface area (Å²) in [4.78, 5) is 12.0. The Morgan fingerprint density at radius 3 is 2.80 bits per heavy atom. The van der Waals surface area contributed by atoms with Crippen molar-refractivity contribution in [3.05, 3.63) is 0 Å². The maximum atomic E-state index is 12.0. The summed E-state index contributed by atoms with van der Waals surface area (Å²) in [5.41, 5.74) is 5.20. The third kappa shape index (κ3) is 4.37. The molecule has 4 nitrogen and oxygen atoms in total. The number of nitrogens with two attached hydrogens (primary N) is 1. The Labute approximate surface area is 127 Å². The van der Waals surface area contributed by atoms with E-state index in [1.807, 2.05) is 13.8 Å². The molecule has 1 saturated carbocycles. The standard InChI is InChI=1S/C15H30N2O2S/c1-4-9-17-15(14(16)19)8-5-6-13(15)7-10-20-12(3)11(2)18/h11-13,17-18H,4-10H2,1-3H3,(H2,16,19). The van der Waals surface area contributed by atoms with Crippen LogP contribution in [0.3, 0.4) is 0 Å². The van der Waals surface area contributed by atoms with Crippen molar-refractivity contribution < 1.29 is 9.90 Å². The third-order valence-electron chi connectivity index (χ3n) is 4.48. The van der Waals surface area contributed by atoms with Crippen LogP contribution in [-0.4, -0.2) is 40.2 Å². The van der Waals surface area contributed by atoms with Gasteiger partial charge in [0, 0.05) is 5.25 Å². The number of thioether (sulfide) groups is 1. The first kappa shape index (κ1) is 17.8. The smallest absolute Gasteiger partial charge is 0.238 e. The molecule has 4 unspecified atom stereocenters.